The monoisotopic (exact) mass is 409 g/mol. The molecule has 0 atom stereocenters. The van der Waals surface area contributed by atoms with Crippen molar-refractivity contribution in [1.82, 2.24) is 9.80 Å². The third kappa shape index (κ3) is 4.91. The van der Waals surface area contributed by atoms with Crippen LogP contribution in [-0.2, 0) is 6.54 Å². The van der Waals surface area contributed by atoms with Gasteiger partial charge in [0.2, 0.25) is 0 Å². The summed E-state index contributed by atoms with van der Waals surface area (Å²) in [5, 5.41) is 10.9. The van der Waals surface area contributed by atoms with Crippen LogP contribution in [0, 0.1) is 10.1 Å². The first-order valence-electron chi connectivity index (χ1n) is 10.3. The average molecular weight is 409 g/mol. The Kier molecular flexibility index (Phi) is 6.95. The number of non-ortho nitro benzene ring substituents is 1. The standard InChI is InChI=1S/C23H27N3O4/c1-17(2)24(16-18-9-5-3-6-10-18)13-7-4-8-14-25-22(27)20-12-11-19(26(29)30)15-21(20)23(25)28/h3,5-6,9-12,15,17H,4,7-8,13-14,16H2,1-2H3. The molecule has 7 heteroatoms. The number of benzene rings is 2. The van der Waals surface area contributed by atoms with Crippen molar-refractivity contribution in [3.8, 4) is 0 Å². The number of hydrogen-bond acceptors (Lipinski definition) is 5. The molecule has 30 heavy (non-hydrogen) atoms. The number of imide groups is 1. The number of amides is 2. The third-order valence-electron chi connectivity index (χ3n) is 5.45. The Morgan fingerprint density at radius 3 is 2.33 bits per heavy atom. The summed E-state index contributed by atoms with van der Waals surface area (Å²) in [5.74, 6) is -0.802. The second kappa shape index (κ2) is 9.63. The molecule has 1 heterocycles. The van der Waals surface area contributed by atoms with Crippen molar-refractivity contribution >= 4 is 17.5 Å². The van der Waals surface area contributed by atoms with Crippen LogP contribution in [0.1, 0.15) is 59.4 Å². The molecule has 0 saturated heterocycles. The molecule has 158 valence electrons. The van der Waals surface area contributed by atoms with E-state index in [1.54, 1.807) is 0 Å². The van der Waals surface area contributed by atoms with Gasteiger partial charge in [0, 0.05) is 31.3 Å². The molecule has 0 fully saturated rings. The van der Waals surface area contributed by atoms with Gasteiger partial charge in [0.1, 0.15) is 0 Å². The topological polar surface area (TPSA) is 83.8 Å². The number of nitrogens with zero attached hydrogens (tertiary/aromatic N) is 3. The van der Waals surface area contributed by atoms with Crippen LogP contribution in [-0.4, -0.2) is 45.7 Å². The first kappa shape index (κ1) is 21.6. The lowest BCUT2D eigenvalue weighted by Crippen LogP contribution is -2.32. The Hall–Kier alpha value is -3.06. The Bertz CT molecular complexity index is 927. The Morgan fingerprint density at radius 2 is 1.67 bits per heavy atom. The van der Waals surface area contributed by atoms with Crippen LogP contribution in [0.3, 0.4) is 0 Å². The number of carbonyl (C=O) groups is 2. The summed E-state index contributed by atoms with van der Waals surface area (Å²) in [7, 11) is 0. The minimum Gasteiger partial charge on any atom is -0.297 e. The van der Waals surface area contributed by atoms with Crippen molar-refractivity contribution in [1.29, 1.82) is 0 Å². The molecular formula is C23H27N3O4. The Morgan fingerprint density at radius 1 is 0.967 bits per heavy atom. The first-order chi connectivity index (χ1) is 14.4. The molecule has 3 rings (SSSR count). The van der Waals surface area contributed by atoms with Gasteiger partial charge in [0.05, 0.1) is 16.1 Å². The summed E-state index contributed by atoms with van der Waals surface area (Å²) >= 11 is 0. The molecule has 1 aliphatic heterocycles. The fourth-order valence-electron chi connectivity index (χ4n) is 3.69. The zero-order chi connectivity index (χ0) is 21.7. The van der Waals surface area contributed by atoms with E-state index in [1.165, 1.54) is 28.7 Å². The number of rotatable bonds is 10. The molecule has 7 nitrogen and oxygen atoms in total. The normalized spacial score (nSPS) is 13.4. The molecule has 0 saturated carbocycles. The molecule has 0 radical (unpaired) electrons. The second-order valence-electron chi connectivity index (χ2n) is 7.86. The highest BCUT2D eigenvalue weighted by atomic mass is 16.6. The molecule has 2 amide bonds. The van der Waals surface area contributed by atoms with E-state index in [9.17, 15) is 19.7 Å². The van der Waals surface area contributed by atoms with Gasteiger partial charge in [0.25, 0.3) is 17.5 Å². The van der Waals surface area contributed by atoms with Crippen molar-refractivity contribution in [2.24, 2.45) is 0 Å². The number of nitro benzene ring substituents is 1. The Labute approximate surface area is 176 Å². The number of fused-ring (bicyclic) bond motifs is 1. The number of hydrogen-bond donors (Lipinski definition) is 0. The summed E-state index contributed by atoms with van der Waals surface area (Å²) < 4.78 is 0. The van der Waals surface area contributed by atoms with Crippen molar-refractivity contribution in [3.05, 3.63) is 75.3 Å². The predicted octanol–water partition coefficient (Wildman–Crippen LogP) is 4.27. The molecule has 0 unspecified atom stereocenters. The minimum absolute atomic E-state index is 0.128. The summed E-state index contributed by atoms with van der Waals surface area (Å²) in [5.41, 5.74) is 1.48. The van der Waals surface area contributed by atoms with Crippen LogP contribution in [0.15, 0.2) is 48.5 Å². The van der Waals surface area contributed by atoms with Gasteiger partial charge >= 0.3 is 0 Å². The zero-order valence-electron chi connectivity index (χ0n) is 17.4. The Balaban J connectivity index is 1.48. The maximum absolute atomic E-state index is 12.5. The second-order valence-corrected chi connectivity index (χ2v) is 7.86. The molecular weight excluding hydrogens is 382 g/mol. The van der Waals surface area contributed by atoms with Gasteiger partial charge in [-0.1, -0.05) is 36.8 Å². The first-order valence-corrected chi connectivity index (χ1v) is 10.3. The van der Waals surface area contributed by atoms with Gasteiger partial charge < -0.3 is 0 Å². The molecule has 0 N–H and O–H groups in total. The number of carbonyl (C=O) groups excluding carboxylic acids is 2. The maximum atomic E-state index is 12.5. The summed E-state index contributed by atoms with van der Waals surface area (Å²) in [6, 6.07) is 14.6. The van der Waals surface area contributed by atoms with Crippen molar-refractivity contribution in [2.45, 2.75) is 45.7 Å². The van der Waals surface area contributed by atoms with Crippen molar-refractivity contribution in [2.75, 3.05) is 13.1 Å². The predicted molar refractivity (Wildman–Crippen MR) is 114 cm³/mol. The van der Waals surface area contributed by atoms with E-state index in [0.717, 1.165) is 25.9 Å². The average Bonchev–Trinajstić information content (AvgIpc) is 2.97. The van der Waals surface area contributed by atoms with Crippen molar-refractivity contribution in [3.63, 3.8) is 0 Å². The lowest BCUT2D eigenvalue weighted by Gasteiger charge is -2.26. The van der Waals surface area contributed by atoms with Crippen LogP contribution < -0.4 is 0 Å². The quantitative estimate of drug-likeness (QED) is 0.253. The summed E-state index contributed by atoms with van der Waals surface area (Å²) in [6.45, 7) is 6.54. The highest BCUT2D eigenvalue weighted by molar-refractivity contribution is 6.21. The molecule has 2 aromatic carbocycles. The minimum atomic E-state index is -0.559. The van der Waals surface area contributed by atoms with Crippen LogP contribution in [0.2, 0.25) is 0 Å². The van der Waals surface area contributed by atoms with E-state index in [4.69, 9.17) is 0 Å². The molecule has 1 aliphatic rings. The van der Waals surface area contributed by atoms with E-state index in [0.29, 0.717) is 19.0 Å². The number of nitro groups is 1. The van der Waals surface area contributed by atoms with E-state index >= 15 is 0 Å². The van der Waals surface area contributed by atoms with Crippen LogP contribution >= 0.6 is 0 Å². The van der Waals surface area contributed by atoms with Gasteiger partial charge in [-0.15, -0.1) is 0 Å². The van der Waals surface area contributed by atoms with Gasteiger partial charge in [-0.3, -0.25) is 29.5 Å². The molecule has 0 bridgehead atoms. The van der Waals surface area contributed by atoms with Gasteiger partial charge in [-0.25, -0.2) is 0 Å². The fourth-order valence-corrected chi connectivity index (χ4v) is 3.69. The lowest BCUT2D eigenvalue weighted by atomic mass is 10.1. The van der Waals surface area contributed by atoms with E-state index in [-0.39, 0.29) is 22.7 Å². The third-order valence-corrected chi connectivity index (χ3v) is 5.45. The van der Waals surface area contributed by atoms with Gasteiger partial charge in [-0.2, -0.15) is 0 Å². The van der Waals surface area contributed by atoms with Crippen molar-refractivity contribution < 1.29 is 14.5 Å². The fraction of sp³-hybridized carbons (Fsp3) is 0.391. The SMILES string of the molecule is CC(C)N(CCCCCN1C(=O)c2ccc([N+](=O)[O-])cc2C1=O)Cc1ccccc1. The van der Waals surface area contributed by atoms with Gasteiger partial charge in [0.15, 0.2) is 0 Å². The smallest absolute Gasteiger partial charge is 0.270 e. The molecule has 0 aliphatic carbocycles. The zero-order valence-corrected chi connectivity index (χ0v) is 17.4. The maximum Gasteiger partial charge on any atom is 0.270 e. The van der Waals surface area contributed by atoms with E-state index in [2.05, 4.69) is 30.9 Å². The van der Waals surface area contributed by atoms with Gasteiger partial charge in [-0.05, 0) is 44.9 Å². The summed E-state index contributed by atoms with van der Waals surface area (Å²) in [6.07, 6.45) is 2.58. The highest BCUT2D eigenvalue weighted by Crippen LogP contribution is 2.27. The van der Waals surface area contributed by atoms with Crippen LogP contribution in [0.25, 0.3) is 0 Å². The molecule has 0 spiro atoms. The molecule has 2 aromatic rings. The van der Waals surface area contributed by atoms with Crippen LogP contribution in [0.5, 0.6) is 0 Å². The van der Waals surface area contributed by atoms with E-state index < -0.39 is 10.8 Å². The lowest BCUT2D eigenvalue weighted by molar-refractivity contribution is -0.384. The highest BCUT2D eigenvalue weighted by Gasteiger charge is 2.36. The summed E-state index contributed by atoms with van der Waals surface area (Å²) in [4.78, 5) is 39.0. The largest absolute Gasteiger partial charge is 0.297 e. The van der Waals surface area contributed by atoms with Crippen LogP contribution in [0.4, 0.5) is 5.69 Å². The number of unbranched alkanes of at least 4 members (excludes halogenated alkanes) is 2. The molecule has 0 aromatic heterocycles. The van der Waals surface area contributed by atoms with E-state index in [1.807, 2.05) is 18.2 Å².